The summed E-state index contributed by atoms with van der Waals surface area (Å²) in [6.45, 7) is 6.75. The third-order valence-electron chi connectivity index (χ3n) is 10.7. The number of thioether (sulfide) groups is 1. The summed E-state index contributed by atoms with van der Waals surface area (Å²) < 4.78 is 28.5. The molecule has 13 heteroatoms. The molecular weight excluding hydrogens is 807 g/mol. The van der Waals surface area contributed by atoms with Gasteiger partial charge in [-0.05, 0) is 70.5 Å². The number of carbonyl (C=O) groups is 4. The van der Waals surface area contributed by atoms with Crippen molar-refractivity contribution in [1.29, 1.82) is 0 Å². The summed E-state index contributed by atoms with van der Waals surface area (Å²) in [7, 11) is 1.77. The summed E-state index contributed by atoms with van der Waals surface area (Å²) in [6.07, 6.45) is 1.74. The van der Waals surface area contributed by atoms with Gasteiger partial charge in [-0.15, -0.1) is 11.8 Å². The number of fused-ring (bicyclic) bond motifs is 1. The number of benzene rings is 4. The number of piperidine rings is 1. The summed E-state index contributed by atoms with van der Waals surface area (Å²) >= 11 is 1.61. The molecule has 0 bridgehead atoms. The highest BCUT2D eigenvalue weighted by Gasteiger charge is 2.39. The van der Waals surface area contributed by atoms with E-state index in [9.17, 15) is 19.2 Å². The zero-order chi connectivity index (χ0) is 43.5. The van der Waals surface area contributed by atoms with Gasteiger partial charge in [-0.1, -0.05) is 85.8 Å². The largest absolute Gasteiger partial charge is 0.492 e. The number of allylic oxidation sites excluding steroid dienone is 1. The number of ether oxygens (including phenoxy) is 5. The number of hydrogen-bond acceptors (Lipinski definition) is 10. The number of nitrogens with zero attached hydrogens (tertiary/aromatic N) is 2. The molecule has 2 aliphatic heterocycles. The molecule has 4 aromatic carbocycles. The van der Waals surface area contributed by atoms with E-state index in [0.29, 0.717) is 90.3 Å². The highest BCUT2D eigenvalue weighted by molar-refractivity contribution is 7.99. The number of likely N-dealkylation sites (N-methyl/N-ethyl adjacent to an activating group) is 1. The maximum Gasteiger partial charge on any atom is 0.255 e. The van der Waals surface area contributed by atoms with E-state index >= 15 is 0 Å². The Morgan fingerprint density at radius 2 is 1.34 bits per heavy atom. The standard InChI is InChI=1S/C49H57N3O9S/c1-3-40(36-11-6-4-7-12-36)47(37-13-8-5-9-14-37)38-17-19-39(20-18-38)61-26-24-51(2)46(54)23-25-57-27-28-58-29-30-59-31-32-60-33-34-62-44-16-10-15-41-42(44)35-52(49(41)56)43-21-22-45(53)50-48(43)55/h4-20,43H,3,21-35H2,1-2H3,(H,50,53,55)/b47-40-. The summed E-state index contributed by atoms with van der Waals surface area (Å²) in [5.74, 6) is 0.555. The van der Waals surface area contributed by atoms with Crippen molar-refractivity contribution in [3.05, 3.63) is 131 Å². The first-order valence-corrected chi connectivity index (χ1v) is 22.3. The fraction of sp³-hybridized carbons (Fsp3) is 0.388. The Balaban J connectivity index is 0.770. The van der Waals surface area contributed by atoms with Crippen LogP contribution in [0.5, 0.6) is 5.75 Å². The van der Waals surface area contributed by atoms with Crippen LogP contribution >= 0.6 is 11.8 Å². The lowest BCUT2D eigenvalue weighted by Gasteiger charge is -2.29. The fourth-order valence-electron chi connectivity index (χ4n) is 7.44. The van der Waals surface area contributed by atoms with Gasteiger partial charge in [-0.2, -0.15) is 0 Å². The molecule has 2 heterocycles. The van der Waals surface area contributed by atoms with Crippen LogP contribution in [0.25, 0.3) is 11.1 Å². The summed E-state index contributed by atoms with van der Waals surface area (Å²) in [5.41, 5.74) is 7.52. The minimum absolute atomic E-state index is 0.0110. The normalized spacial score (nSPS) is 15.3. The molecule has 1 unspecified atom stereocenters. The lowest BCUT2D eigenvalue weighted by Crippen LogP contribution is -2.52. The van der Waals surface area contributed by atoms with Crippen molar-refractivity contribution in [1.82, 2.24) is 15.1 Å². The molecule has 1 fully saturated rings. The predicted octanol–water partition coefficient (Wildman–Crippen LogP) is 6.90. The molecule has 0 saturated carbocycles. The molecule has 0 spiro atoms. The second-order valence-corrected chi connectivity index (χ2v) is 16.0. The van der Waals surface area contributed by atoms with Crippen molar-refractivity contribution in [2.24, 2.45) is 0 Å². The van der Waals surface area contributed by atoms with Crippen LogP contribution in [0.4, 0.5) is 0 Å². The topological polar surface area (TPSA) is 133 Å². The molecule has 12 nitrogen and oxygen atoms in total. The molecule has 0 aliphatic carbocycles. The predicted molar refractivity (Wildman–Crippen MR) is 240 cm³/mol. The van der Waals surface area contributed by atoms with Crippen molar-refractivity contribution in [2.75, 3.05) is 78.8 Å². The van der Waals surface area contributed by atoms with Gasteiger partial charge in [0, 0.05) is 36.2 Å². The number of imide groups is 1. The van der Waals surface area contributed by atoms with E-state index in [1.807, 2.05) is 36.4 Å². The Kier molecular flexibility index (Phi) is 18.2. The van der Waals surface area contributed by atoms with Crippen LogP contribution in [0, 0.1) is 0 Å². The van der Waals surface area contributed by atoms with Crippen LogP contribution in [0.15, 0.2) is 108 Å². The quantitative estimate of drug-likeness (QED) is 0.0325. The Morgan fingerprint density at radius 3 is 1.98 bits per heavy atom. The third-order valence-corrected chi connectivity index (χ3v) is 11.8. The van der Waals surface area contributed by atoms with E-state index in [1.165, 1.54) is 22.3 Å². The first kappa shape index (κ1) is 46.2. The Hall–Kier alpha value is -5.31. The summed E-state index contributed by atoms with van der Waals surface area (Å²) in [5, 5.41) is 2.34. The molecule has 4 amide bonds. The van der Waals surface area contributed by atoms with E-state index < -0.39 is 11.9 Å². The molecule has 4 aromatic rings. The van der Waals surface area contributed by atoms with Gasteiger partial charge in [0.1, 0.15) is 18.4 Å². The van der Waals surface area contributed by atoms with Gasteiger partial charge in [0.15, 0.2) is 0 Å². The molecule has 0 aromatic heterocycles. The highest BCUT2D eigenvalue weighted by Crippen LogP contribution is 2.36. The van der Waals surface area contributed by atoms with E-state index in [1.54, 1.807) is 34.7 Å². The van der Waals surface area contributed by atoms with Crippen molar-refractivity contribution in [2.45, 2.75) is 50.1 Å². The van der Waals surface area contributed by atoms with Crippen molar-refractivity contribution >= 4 is 46.5 Å². The Morgan fingerprint density at radius 1 is 0.726 bits per heavy atom. The number of rotatable bonds is 25. The SMILES string of the molecule is CC/C(=C(\c1ccccc1)c1ccc(OCCN(C)C(=O)CCOCCOCCOCCOCCSc2cccc3c2CN(C2CCC(=O)NC2=O)C3=O)cc1)c1ccccc1. The fourth-order valence-corrected chi connectivity index (χ4v) is 8.39. The number of amides is 4. The molecule has 1 saturated heterocycles. The average Bonchev–Trinajstić information content (AvgIpc) is 3.63. The van der Waals surface area contributed by atoms with Crippen LogP contribution in [-0.2, 0) is 39.9 Å². The van der Waals surface area contributed by atoms with Gasteiger partial charge >= 0.3 is 0 Å². The summed E-state index contributed by atoms with van der Waals surface area (Å²) in [4.78, 5) is 53.8. The van der Waals surface area contributed by atoms with E-state index in [4.69, 9.17) is 23.7 Å². The van der Waals surface area contributed by atoms with Gasteiger partial charge in [-0.3, -0.25) is 24.5 Å². The van der Waals surface area contributed by atoms with Crippen molar-refractivity contribution < 1.29 is 42.9 Å². The van der Waals surface area contributed by atoms with Gasteiger partial charge < -0.3 is 33.5 Å². The van der Waals surface area contributed by atoms with Crippen LogP contribution in [0.2, 0.25) is 0 Å². The maximum atomic E-state index is 13.0. The first-order valence-electron chi connectivity index (χ1n) is 21.4. The molecule has 1 atom stereocenters. The minimum Gasteiger partial charge on any atom is -0.492 e. The molecule has 6 rings (SSSR count). The van der Waals surface area contributed by atoms with Gasteiger partial charge in [0.2, 0.25) is 17.7 Å². The number of carbonyl (C=O) groups excluding carboxylic acids is 4. The zero-order valence-electron chi connectivity index (χ0n) is 35.7. The molecule has 2 aliphatic rings. The average molecular weight is 864 g/mol. The van der Waals surface area contributed by atoms with Gasteiger partial charge in [-0.25, -0.2) is 0 Å². The first-order chi connectivity index (χ1) is 30.3. The molecule has 62 heavy (non-hydrogen) atoms. The van der Waals surface area contributed by atoms with E-state index in [2.05, 4.69) is 72.9 Å². The second-order valence-electron chi connectivity index (χ2n) is 14.9. The third kappa shape index (κ3) is 13.1. The van der Waals surface area contributed by atoms with Crippen molar-refractivity contribution in [3.63, 3.8) is 0 Å². The van der Waals surface area contributed by atoms with Crippen molar-refractivity contribution in [3.8, 4) is 5.75 Å². The van der Waals surface area contributed by atoms with E-state index in [0.717, 1.165) is 28.2 Å². The lowest BCUT2D eigenvalue weighted by molar-refractivity contribution is -0.137. The highest BCUT2D eigenvalue weighted by atomic mass is 32.2. The second kappa shape index (κ2) is 24.4. The monoisotopic (exact) mass is 863 g/mol. The van der Waals surface area contributed by atoms with Crippen LogP contribution in [0.1, 0.15) is 65.2 Å². The van der Waals surface area contributed by atoms with Crippen LogP contribution in [-0.4, -0.2) is 118 Å². The molecule has 328 valence electrons. The number of hydrogen-bond donors (Lipinski definition) is 1. The zero-order valence-corrected chi connectivity index (χ0v) is 36.5. The molecular formula is C49H57N3O9S. The maximum absolute atomic E-state index is 13.0. The van der Waals surface area contributed by atoms with Gasteiger partial charge in [0.05, 0.1) is 65.8 Å². The Labute approximate surface area is 368 Å². The van der Waals surface area contributed by atoms with E-state index in [-0.39, 0.29) is 30.6 Å². The van der Waals surface area contributed by atoms with Gasteiger partial charge in [0.25, 0.3) is 5.91 Å². The smallest absolute Gasteiger partial charge is 0.255 e. The Bertz CT molecular complexity index is 2110. The molecule has 0 radical (unpaired) electrons. The molecule has 1 N–H and O–H groups in total. The lowest BCUT2D eigenvalue weighted by atomic mass is 9.88. The summed E-state index contributed by atoms with van der Waals surface area (Å²) in [6, 6.07) is 34.2. The number of nitrogens with one attached hydrogen (secondary N) is 1. The van der Waals surface area contributed by atoms with Crippen LogP contribution in [0.3, 0.4) is 0 Å². The van der Waals surface area contributed by atoms with Crippen LogP contribution < -0.4 is 10.1 Å². The minimum atomic E-state index is -0.629.